The van der Waals surface area contributed by atoms with Gasteiger partial charge in [0.25, 0.3) is 5.91 Å². The van der Waals surface area contributed by atoms with E-state index in [4.69, 9.17) is 10.00 Å². The minimum atomic E-state index is -0.690. The molecule has 0 radical (unpaired) electrons. The van der Waals surface area contributed by atoms with E-state index in [1.807, 2.05) is 0 Å². The summed E-state index contributed by atoms with van der Waals surface area (Å²) in [6, 6.07) is 8.42. The Kier molecular flexibility index (Phi) is 5.78. The number of nitrogens with zero attached hydrogens (tertiary/aromatic N) is 1. The topological polar surface area (TPSA) is 91.2 Å². The predicted octanol–water partition coefficient (Wildman–Crippen LogP) is 1.43. The molecule has 0 aliphatic heterocycles. The van der Waals surface area contributed by atoms with Gasteiger partial charge < -0.3 is 15.4 Å². The largest absolute Gasteiger partial charge is 0.462 e. The van der Waals surface area contributed by atoms with E-state index in [2.05, 4.69) is 10.6 Å². The van der Waals surface area contributed by atoms with Crippen LogP contribution in [0.4, 0.5) is 5.69 Å². The lowest BCUT2D eigenvalue weighted by Gasteiger charge is -2.05. The average Bonchev–Trinajstić information content (AvgIpc) is 2.47. The van der Waals surface area contributed by atoms with Crippen LogP contribution in [0, 0.1) is 11.3 Å². The van der Waals surface area contributed by atoms with Crippen LogP contribution in [0.3, 0.4) is 0 Å². The van der Waals surface area contributed by atoms with E-state index in [1.54, 1.807) is 37.3 Å². The lowest BCUT2D eigenvalue weighted by Crippen LogP contribution is -2.17. The molecule has 2 N–H and O–H groups in total. The fraction of sp³-hybridized carbons (Fsp3) is 0.214. The molecule has 0 aromatic heterocycles. The van der Waals surface area contributed by atoms with Crippen molar-refractivity contribution in [1.29, 1.82) is 5.26 Å². The number of esters is 1. The third-order valence-corrected chi connectivity index (χ3v) is 2.35. The zero-order chi connectivity index (χ0) is 15.0. The number of benzene rings is 1. The molecular formula is C14H15N3O3. The first-order valence-corrected chi connectivity index (χ1v) is 5.98. The Bertz CT molecular complexity index is 573. The first kappa shape index (κ1) is 15.2. The van der Waals surface area contributed by atoms with Gasteiger partial charge in [-0.3, -0.25) is 4.79 Å². The minimum Gasteiger partial charge on any atom is -0.462 e. The van der Waals surface area contributed by atoms with Crippen LogP contribution in [-0.2, 0) is 9.53 Å². The highest BCUT2D eigenvalue weighted by atomic mass is 16.5. The molecule has 0 fully saturated rings. The van der Waals surface area contributed by atoms with Crippen molar-refractivity contribution in [2.45, 2.75) is 6.92 Å². The van der Waals surface area contributed by atoms with Gasteiger partial charge in [0.15, 0.2) is 5.57 Å². The summed E-state index contributed by atoms with van der Waals surface area (Å²) < 4.78 is 4.73. The van der Waals surface area contributed by atoms with Gasteiger partial charge in [-0.05, 0) is 25.1 Å². The van der Waals surface area contributed by atoms with Crippen LogP contribution >= 0.6 is 0 Å². The van der Waals surface area contributed by atoms with Gasteiger partial charge in [0.05, 0.1) is 6.61 Å². The second kappa shape index (κ2) is 7.59. The van der Waals surface area contributed by atoms with E-state index >= 15 is 0 Å². The molecule has 1 aromatic carbocycles. The molecule has 0 saturated heterocycles. The van der Waals surface area contributed by atoms with Crippen LogP contribution in [0.1, 0.15) is 17.3 Å². The summed E-state index contributed by atoms with van der Waals surface area (Å²) in [5.41, 5.74) is 0.917. The van der Waals surface area contributed by atoms with Gasteiger partial charge in [0.1, 0.15) is 6.07 Å². The quantitative estimate of drug-likeness (QED) is 0.481. The van der Waals surface area contributed by atoms with Crippen molar-refractivity contribution in [3.05, 3.63) is 41.6 Å². The molecule has 20 heavy (non-hydrogen) atoms. The Morgan fingerprint density at radius 2 is 2.20 bits per heavy atom. The summed E-state index contributed by atoms with van der Waals surface area (Å²) in [5.74, 6) is -0.909. The highest BCUT2D eigenvalue weighted by molar-refractivity contribution is 5.95. The monoisotopic (exact) mass is 273 g/mol. The van der Waals surface area contributed by atoms with E-state index in [1.165, 1.54) is 13.2 Å². The number of hydrogen-bond donors (Lipinski definition) is 2. The summed E-state index contributed by atoms with van der Waals surface area (Å²) in [5, 5.41) is 14.2. The van der Waals surface area contributed by atoms with Crippen molar-refractivity contribution in [2.75, 3.05) is 19.0 Å². The van der Waals surface area contributed by atoms with E-state index < -0.39 is 5.97 Å². The van der Waals surface area contributed by atoms with E-state index in [-0.39, 0.29) is 18.1 Å². The fourth-order valence-electron chi connectivity index (χ4n) is 1.40. The van der Waals surface area contributed by atoms with E-state index in [0.717, 1.165) is 0 Å². The van der Waals surface area contributed by atoms with Crippen LogP contribution in [0.2, 0.25) is 0 Å². The van der Waals surface area contributed by atoms with Gasteiger partial charge in [-0.2, -0.15) is 5.26 Å². The fourth-order valence-corrected chi connectivity index (χ4v) is 1.40. The maximum atomic E-state index is 11.5. The molecule has 6 nitrogen and oxygen atoms in total. The number of carbonyl (C=O) groups excluding carboxylic acids is 2. The maximum Gasteiger partial charge on any atom is 0.350 e. The van der Waals surface area contributed by atoms with Crippen LogP contribution in [0.15, 0.2) is 36.0 Å². The molecule has 1 amide bonds. The summed E-state index contributed by atoms with van der Waals surface area (Å²) in [6.07, 6.45) is 1.25. The molecule has 104 valence electrons. The van der Waals surface area contributed by atoms with E-state index in [0.29, 0.717) is 11.3 Å². The van der Waals surface area contributed by atoms with Gasteiger partial charge in [-0.25, -0.2) is 4.79 Å². The summed E-state index contributed by atoms with van der Waals surface area (Å²) >= 11 is 0. The zero-order valence-electron chi connectivity index (χ0n) is 11.3. The molecule has 0 bridgehead atoms. The standard InChI is InChI=1S/C14H15N3O3/c1-3-20-14(19)11(8-15)9-17-12-6-4-5-10(7-12)13(18)16-2/h4-7,9,17H,3H2,1-2H3,(H,16,18)/b11-9-. The highest BCUT2D eigenvalue weighted by Crippen LogP contribution is 2.11. The molecule has 0 atom stereocenters. The molecule has 0 saturated carbocycles. The molecule has 0 aliphatic carbocycles. The Hall–Kier alpha value is -2.81. The van der Waals surface area contributed by atoms with Gasteiger partial charge in [0, 0.05) is 24.5 Å². The molecular weight excluding hydrogens is 258 g/mol. The van der Waals surface area contributed by atoms with Crippen molar-refractivity contribution in [1.82, 2.24) is 5.32 Å². The lowest BCUT2D eigenvalue weighted by atomic mass is 10.2. The summed E-state index contributed by atoms with van der Waals surface area (Å²) in [6.45, 7) is 1.86. The van der Waals surface area contributed by atoms with Crippen molar-refractivity contribution in [3.63, 3.8) is 0 Å². The van der Waals surface area contributed by atoms with Crippen LogP contribution in [0.5, 0.6) is 0 Å². The number of nitriles is 1. The second-order valence-corrected chi connectivity index (χ2v) is 3.69. The van der Waals surface area contributed by atoms with Crippen molar-refractivity contribution < 1.29 is 14.3 Å². The molecule has 1 rings (SSSR count). The van der Waals surface area contributed by atoms with Crippen molar-refractivity contribution in [2.24, 2.45) is 0 Å². The minimum absolute atomic E-state index is 0.141. The van der Waals surface area contributed by atoms with Crippen LogP contribution in [-0.4, -0.2) is 25.5 Å². The Balaban J connectivity index is 2.85. The predicted molar refractivity (Wildman–Crippen MR) is 73.8 cm³/mol. The number of nitrogens with one attached hydrogen (secondary N) is 2. The van der Waals surface area contributed by atoms with Gasteiger partial charge in [0.2, 0.25) is 0 Å². The van der Waals surface area contributed by atoms with Gasteiger partial charge >= 0.3 is 5.97 Å². The molecule has 1 aromatic rings. The smallest absolute Gasteiger partial charge is 0.350 e. The number of ether oxygens (including phenoxy) is 1. The van der Waals surface area contributed by atoms with Crippen molar-refractivity contribution in [3.8, 4) is 6.07 Å². The molecule has 0 heterocycles. The Labute approximate surface area is 117 Å². The normalized spacial score (nSPS) is 10.3. The SMILES string of the molecule is CCOC(=O)/C(C#N)=C\Nc1cccc(C(=O)NC)c1. The first-order valence-electron chi connectivity index (χ1n) is 5.98. The summed E-state index contributed by atoms with van der Waals surface area (Å²) in [4.78, 5) is 22.9. The van der Waals surface area contributed by atoms with E-state index in [9.17, 15) is 9.59 Å². The van der Waals surface area contributed by atoms with Crippen molar-refractivity contribution >= 4 is 17.6 Å². The second-order valence-electron chi connectivity index (χ2n) is 3.69. The zero-order valence-corrected chi connectivity index (χ0v) is 11.3. The number of anilines is 1. The molecule has 0 unspecified atom stereocenters. The molecule has 0 spiro atoms. The number of amides is 1. The molecule has 6 heteroatoms. The van der Waals surface area contributed by atoms with Crippen LogP contribution < -0.4 is 10.6 Å². The lowest BCUT2D eigenvalue weighted by molar-refractivity contribution is -0.138. The average molecular weight is 273 g/mol. The van der Waals surface area contributed by atoms with Gasteiger partial charge in [-0.15, -0.1) is 0 Å². The highest BCUT2D eigenvalue weighted by Gasteiger charge is 2.09. The van der Waals surface area contributed by atoms with Crippen LogP contribution in [0.25, 0.3) is 0 Å². The van der Waals surface area contributed by atoms with Gasteiger partial charge in [-0.1, -0.05) is 6.07 Å². The number of carbonyl (C=O) groups is 2. The third kappa shape index (κ3) is 4.14. The Morgan fingerprint density at radius 1 is 1.45 bits per heavy atom. The number of rotatable bonds is 5. The molecule has 0 aliphatic rings. The maximum absolute atomic E-state index is 11.5. The first-order chi connectivity index (χ1) is 9.62. The Morgan fingerprint density at radius 3 is 2.80 bits per heavy atom. The third-order valence-electron chi connectivity index (χ3n) is 2.35. The summed E-state index contributed by atoms with van der Waals surface area (Å²) in [7, 11) is 1.54. The number of hydrogen-bond acceptors (Lipinski definition) is 5.